The zero-order valence-corrected chi connectivity index (χ0v) is 14.2. The maximum absolute atomic E-state index is 12.4. The molecule has 0 saturated heterocycles. The van der Waals surface area contributed by atoms with E-state index in [9.17, 15) is 4.79 Å². The SMILES string of the molecule is COc1cc(C(=O)NCc2cccc(Br)c2)cc2c1OCCO2. The highest BCUT2D eigenvalue weighted by molar-refractivity contribution is 9.10. The van der Waals surface area contributed by atoms with Crippen molar-refractivity contribution in [2.45, 2.75) is 6.54 Å². The van der Waals surface area contributed by atoms with Crippen LogP contribution in [0.5, 0.6) is 17.2 Å². The highest BCUT2D eigenvalue weighted by Crippen LogP contribution is 2.40. The largest absolute Gasteiger partial charge is 0.493 e. The first-order valence-electron chi connectivity index (χ1n) is 7.17. The normalized spacial score (nSPS) is 12.6. The molecule has 0 atom stereocenters. The standard InChI is InChI=1S/C17H16BrNO4/c1-21-14-8-12(9-15-16(14)23-6-5-22-15)17(20)19-10-11-3-2-4-13(18)7-11/h2-4,7-9H,5-6,10H2,1H3,(H,19,20). The summed E-state index contributed by atoms with van der Waals surface area (Å²) in [6.07, 6.45) is 0. The van der Waals surface area contributed by atoms with Crippen LogP contribution in [-0.2, 0) is 6.54 Å². The van der Waals surface area contributed by atoms with Crippen molar-refractivity contribution in [3.05, 3.63) is 52.0 Å². The van der Waals surface area contributed by atoms with Gasteiger partial charge in [0.15, 0.2) is 11.5 Å². The zero-order chi connectivity index (χ0) is 16.2. The van der Waals surface area contributed by atoms with E-state index in [-0.39, 0.29) is 5.91 Å². The van der Waals surface area contributed by atoms with Crippen molar-refractivity contribution in [2.75, 3.05) is 20.3 Å². The molecule has 2 aromatic carbocycles. The summed E-state index contributed by atoms with van der Waals surface area (Å²) in [6.45, 7) is 1.37. The monoisotopic (exact) mass is 377 g/mol. The van der Waals surface area contributed by atoms with Gasteiger partial charge in [-0.25, -0.2) is 0 Å². The summed E-state index contributed by atoms with van der Waals surface area (Å²) < 4.78 is 17.3. The Kier molecular flexibility index (Phi) is 4.71. The fourth-order valence-electron chi connectivity index (χ4n) is 2.34. The molecule has 1 heterocycles. The lowest BCUT2D eigenvalue weighted by Gasteiger charge is -2.21. The average Bonchev–Trinajstić information content (AvgIpc) is 2.58. The van der Waals surface area contributed by atoms with Gasteiger partial charge in [-0.05, 0) is 29.8 Å². The molecule has 0 bridgehead atoms. The molecular formula is C17H16BrNO4. The third kappa shape index (κ3) is 3.59. The van der Waals surface area contributed by atoms with Gasteiger partial charge in [0.2, 0.25) is 5.75 Å². The Morgan fingerprint density at radius 2 is 2.09 bits per heavy atom. The number of rotatable bonds is 4. The van der Waals surface area contributed by atoms with Crippen molar-refractivity contribution in [1.82, 2.24) is 5.32 Å². The second-order valence-electron chi connectivity index (χ2n) is 5.02. The van der Waals surface area contributed by atoms with Gasteiger partial charge in [0.05, 0.1) is 7.11 Å². The van der Waals surface area contributed by atoms with Crippen LogP contribution in [0, 0.1) is 0 Å². The molecule has 3 rings (SSSR count). The van der Waals surface area contributed by atoms with E-state index in [4.69, 9.17) is 14.2 Å². The number of carbonyl (C=O) groups excluding carboxylic acids is 1. The highest BCUT2D eigenvalue weighted by Gasteiger charge is 2.20. The average molecular weight is 378 g/mol. The summed E-state index contributed by atoms with van der Waals surface area (Å²) in [5, 5.41) is 2.89. The van der Waals surface area contributed by atoms with E-state index in [1.54, 1.807) is 12.1 Å². The van der Waals surface area contributed by atoms with Crippen molar-refractivity contribution in [1.29, 1.82) is 0 Å². The van der Waals surface area contributed by atoms with Crippen LogP contribution in [0.25, 0.3) is 0 Å². The molecule has 120 valence electrons. The van der Waals surface area contributed by atoms with Gasteiger partial charge in [-0.2, -0.15) is 0 Å². The Hall–Kier alpha value is -2.21. The number of fused-ring (bicyclic) bond motifs is 1. The van der Waals surface area contributed by atoms with Gasteiger partial charge in [-0.3, -0.25) is 4.79 Å². The van der Waals surface area contributed by atoms with Crippen LogP contribution in [0.4, 0.5) is 0 Å². The van der Waals surface area contributed by atoms with E-state index in [0.29, 0.717) is 42.6 Å². The number of amides is 1. The van der Waals surface area contributed by atoms with Crippen molar-refractivity contribution < 1.29 is 19.0 Å². The predicted octanol–water partition coefficient (Wildman–Crippen LogP) is 3.16. The number of ether oxygens (including phenoxy) is 3. The van der Waals surface area contributed by atoms with E-state index in [2.05, 4.69) is 21.2 Å². The number of hydrogen-bond donors (Lipinski definition) is 1. The van der Waals surface area contributed by atoms with Crippen molar-refractivity contribution in [3.8, 4) is 17.2 Å². The summed E-state index contributed by atoms with van der Waals surface area (Å²) >= 11 is 3.41. The fourth-order valence-corrected chi connectivity index (χ4v) is 2.78. The maximum atomic E-state index is 12.4. The highest BCUT2D eigenvalue weighted by atomic mass is 79.9. The predicted molar refractivity (Wildman–Crippen MR) is 89.3 cm³/mol. The Bertz CT molecular complexity index is 715. The Balaban J connectivity index is 1.77. The minimum absolute atomic E-state index is 0.194. The van der Waals surface area contributed by atoms with Crippen LogP contribution in [0.2, 0.25) is 0 Å². The first-order chi connectivity index (χ1) is 11.2. The van der Waals surface area contributed by atoms with E-state index in [1.807, 2.05) is 24.3 Å². The molecule has 1 amide bonds. The molecule has 0 unspecified atom stereocenters. The summed E-state index contributed by atoms with van der Waals surface area (Å²) in [5.74, 6) is 1.38. The van der Waals surface area contributed by atoms with Gasteiger partial charge < -0.3 is 19.5 Å². The molecule has 6 heteroatoms. The Morgan fingerprint density at radius 1 is 1.26 bits per heavy atom. The Labute approximate surface area is 142 Å². The molecule has 0 spiro atoms. The Morgan fingerprint density at radius 3 is 2.87 bits per heavy atom. The number of halogens is 1. The number of carbonyl (C=O) groups is 1. The maximum Gasteiger partial charge on any atom is 0.251 e. The lowest BCUT2D eigenvalue weighted by atomic mass is 10.1. The zero-order valence-electron chi connectivity index (χ0n) is 12.6. The van der Waals surface area contributed by atoms with Crippen molar-refractivity contribution >= 4 is 21.8 Å². The number of hydrogen-bond acceptors (Lipinski definition) is 4. The first-order valence-corrected chi connectivity index (χ1v) is 7.97. The molecule has 5 nitrogen and oxygen atoms in total. The van der Waals surface area contributed by atoms with Gasteiger partial charge in [-0.1, -0.05) is 28.1 Å². The summed E-state index contributed by atoms with van der Waals surface area (Å²) in [6, 6.07) is 11.1. The molecule has 0 fully saturated rings. The van der Waals surface area contributed by atoms with Gasteiger partial charge in [0.1, 0.15) is 13.2 Å². The van der Waals surface area contributed by atoms with Crippen LogP contribution < -0.4 is 19.5 Å². The van der Waals surface area contributed by atoms with Gasteiger partial charge in [0.25, 0.3) is 5.91 Å². The minimum atomic E-state index is -0.194. The van der Waals surface area contributed by atoms with E-state index in [0.717, 1.165) is 10.0 Å². The smallest absolute Gasteiger partial charge is 0.251 e. The van der Waals surface area contributed by atoms with Gasteiger partial charge >= 0.3 is 0 Å². The second-order valence-corrected chi connectivity index (χ2v) is 5.93. The number of methoxy groups -OCH3 is 1. The van der Waals surface area contributed by atoms with Crippen LogP contribution in [0.3, 0.4) is 0 Å². The fraction of sp³-hybridized carbons (Fsp3) is 0.235. The number of benzene rings is 2. The molecule has 0 aliphatic carbocycles. The molecule has 23 heavy (non-hydrogen) atoms. The third-order valence-electron chi connectivity index (χ3n) is 3.43. The summed E-state index contributed by atoms with van der Waals surface area (Å²) in [7, 11) is 1.54. The summed E-state index contributed by atoms with van der Waals surface area (Å²) in [5.41, 5.74) is 1.48. The summed E-state index contributed by atoms with van der Waals surface area (Å²) in [4.78, 5) is 12.4. The minimum Gasteiger partial charge on any atom is -0.493 e. The van der Waals surface area contributed by atoms with E-state index < -0.39 is 0 Å². The molecule has 0 saturated carbocycles. The van der Waals surface area contributed by atoms with E-state index >= 15 is 0 Å². The molecule has 1 aliphatic rings. The molecule has 1 aliphatic heterocycles. The van der Waals surface area contributed by atoms with Crippen LogP contribution in [0.1, 0.15) is 15.9 Å². The quantitative estimate of drug-likeness (QED) is 0.888. The molecule has 0 aromatic heterocycles. The molecule has 1 N–H and O–H groups in total. The van der Waals surface area contributed by atoms with Crippen LogP contribution in [0.15, 0.2) is 40.9 Å². The van der Waals surface area contributed by atoms with Gasteiger partial charge in [-0.15, -0.1) is 0 Å². The van der Waals surface area contributed by atoms with Gasteiger partial charge in [0, 0.05) is 16.6 Å². The molecular weight excluding hydrogens is 362 g/mol. The van der Waals surface area contributed by atoms with Crippen LogP contribution >= 0.6 is 15.9 Å². The topological polar surface area (TPSA) is 56.8 Å². The van der Waals surface area contributed by atoms with Crippen LogP contribution in [-0.4, -0.2) is 26.2 Å². The van der Waals surface area contributed by atoms with E-state index in [1.165, 1.54) is 7.11 Å². The molecule has 0 radical (unpaired) electrons. The molecule has 2 aromatic rings. The second kappa shape index (κ2) is 6.91. The lowest BCUT2D eigenvalue weighted by Crippen LogP contribution is -2.23. The lowest BCUT2D eigenvalue weighted by molar-refractivity contribution is 0.0949. The van der Waals surface area contributed by atoms with Crippen molar-refractivity contribution in [2.24, 2.45) is 0 Å². The number of nitrogens with one attached hydrogen (secondary N) is 1. The first kappa shape index (κ1) is 15.7. The van der Waals surface area contributed by atoms with Crippen molar-refractivity contribution in [3.63, 3.8) is 0 Å². The third-order valence-corrected chi connectivity index (χ3v) is 3.93.